The van der Waals surface area contributed by atoms with Gasteiger partial charge in [0.05, 0.1) is 5.52 Å². The summed E-state index contributed by atoms with van der Waals surface area (Å²) in [5.74, 6) is 0.893. The molecular formula is C8H8N2S2. The highest BCUT2D eigenvalue weighted by Gasteiger charge is 2.04. The van der Waals surface area contributed by atoms with Crippen molar-refractivity contribution in [3.8, 4) is 0 Å². The number of fused-ring (bicyclic) bond motifs is 1. The first kappa shape index (κ1) is 7.89. The van der Waals surface area contributed by atoms with Crippen LogP contribution in [-0.4, -0.2) is 16.2 Å². The largest absolute Gasteiger partial charge is 0.337 e. The zero-order valence-corrected chi connectivity index (χ0v) is 8.26. The lowest BCUT2D eigenvalue weighted by Crippen LogP contribution is -1.79. The van der Waals surface area contributed by atoms with E-state index in [-0.39, 0.29) is 0 Å². The van der Waals surface area contributed by atoms with Crippen molar-refractivity contribution in [3.05, 3.63) is 23.8 Å². The van der Waals surface area contributed by atoms with Crippen molar-refractivity contribution in [3.63, 3.8) is 0 Å². The molecule has 0 unspecified atom stereocenters. The first-order valence-corrected chi connectivity index (χ1v) is 5.58. The first-order valence-electron chi connectivity index (χ1n) is 3.47. The Labute approximate surface area is 78.7 Å². The molecule has 0 aromatic carbocycles. The smallest absolute Gasteiger partial charge is 0.145 e. The monoisotopic (exact) mass is 196 g/mol. The average Bonchev–Trinajstić information content (AvgIpc) is 2.60. The van der Waals surface area contributed by atoms with E-state index >= 15 is 0 Å². The summed E-state index contributed by atoms with van der Waals surface area (Å²) in [5, 5.41) is 2.03. The molecule has 0 saturated heterocycles. The Morgan fingerprint density at radius 1 is 1.75 bits per heavy atom. The van der Waals surface area contributed by atoms with Gasteiger partial charge >= 0.3 is 0 Å². The number of imidazole rings is 1. The minimum Gasteiger partial charge on any atom is -0.337 e. The molecule has 12 heavy (non-hydrogen) atoms. The lowest BCUT2D eigenvalue weighted by Gasteiger charge is -1.93. The molecule has 2 aromatic rings. The SMILES string of the molecule is C=C(SC)c1nc2sccc2[nH]1. The fraction of sp³-hybridized carbons (Fsp3) is 0.125. The van der Waals surface area contributed by atoms with Crippen LogP contribution in [-0.2, 0) is 0 Å². The standard InChI is InChI=1S/C8H8N2S2/c1-5(11-2)7-9-6-3-4-12-8(6)10-7/h3-4H,1H2,2H3,(H,9,10). The van der Waals surface area contributed by atoms with Gasteiger partial charge in [0.15, 0.2) is 0 Å². The molecule has 2 nitrogen and oxygen atoms in total. The Bertz CT molecular complexity index is 385. The number of thiophene rings is 1. The number of hydrogen-bond acceptors (Lipinski definition) is 3. The molecule has 0 aliphatic heterocycles. The van der Waals surface area contributed by atoms with Crippen LogP contribution in [0.15, 0.2) is 18.0 Å². The van der Waals surface area contributed by atoms with E-state index in [1.807, 2.05) is 17.7 Å². The molecule has 0 atom stereocenters. The van der Waals surface area contributed by atoms with Crippen molar-refractivity contribution >= 4 is 38.4 Å². The predicted octanol–water partition coefficient (Wildman–Crippen LogP) is 2.96. The fourth-order valence-corrected chi connectivity index (χ4v) is 1.98. The highest BCUT2D eigenvalue weighted by atomic mass is 32.2. The number of nitrogens with zero attached hydrogens (tertiary/aromatic N) is 1. The molecule has 2 aromatic heterocycles. The van der Waals surface area contributed by atoms with E-state index in [2.05, 4.69) is 16.5 Å². The lowest BCUT2D eigenvalue weighted by atomic mass is 10.6. The molecule has 0 fully saturated rings. The molecule has 0 saturated carbocycles. The van der Waals surface area contributed by atoms with Gasteiger partial charge in [0.2, 0.25) is 0 Å². The maximum absolute atomic E-state index is 4.39. The van der Waals surface area contributed by atoms with Crippen LogP contribution in [0.3, 0.4) is 0 Å². The van der Waals surface area contributed by atoms with Crippen LogP contribution in [0.1, 0.15) is 5.82 Å². The van der Waals surface area contributed by atoms with Crippen molar-refractivity contribution in [1.29, 1.82) is 0 Å². The van der Waals surface area contributed by atoms with Crippen LogP contribution >= 0.6 is 23.1 Å². The van der Waals surface area contributed by atoms with Crippen molar-refractivity contribution in [2.24, 2.45) is 0 Å². The zero-order chi connectivity index (χ0) is 8.55. The van der Waals surface area contributed by atoms with Crippen molar-refractivity contribution in [2.75, 3.05) is 6.26 Å². The summed E-state index contributed by atoms with van der Waals surface area (Å²) in [5.41, 5.74) is 1.10. The number of H-pyrrole nitrogens is 1. The van der Waals surface area contributed by atoms with E-state index in [9.17, 15) is 0 Å². The van der Waals surface area contributed by atoms with E-state index in [1.165, 1.54) is 0 Å². The summed E-state index contributed by atoms with van der Waals surface area (Å²) in [7, 11) is 0. The van der Waals surface area contributed by atoms with Gasteiger partial charge in [0.25, 0.3) is 0 Å². The summed E-state index contributed by atoms with van der Waals surface area (Å²) in [6, 6.07) is 2.03. The van der Waals surface area contributed by atoms with Crippen LogP contribution in [0, 0.1) is 0 Å². The van der Waals surface area contributed by atoms with Crippen LogP contribution < -0.4 is 0 Å². The predicted molar refractivity (Wildman–Crippen MR) is 56.5 cm³/mol. The highest BCUT2D eigenvalue weighted by Crippen LogP contribution is 2.25. The summed E-state index contributed by atoms with van der Waals surface area (Å²) < 4.78 is 0. The van der Waals surface area contributed by atoms with Crippen LogP contribution in [0.2, 0.25) is 0 Å². The van der Waals surface area contributed by atoms with Crippen LogP contribution in [0.4, 0.5) is 0 Å². The molecule has 0 bridgehead atoms. The third-order valence-electron chi connectivity index (χ3n) is 1.62. The summed E-state index contributed by atoms with van der Waals surface area (Å²) in [6.45, 7) is 3.89. The number of nitrogens with one attached hydrogen (secondary N) is 1. The molecule has 0 amide bonds. The average molecular weight is 196 g/mol. The Hall–Kier alpha value is -0.740. The minimum absolute atomic E-state index is 0.893. The maximum atomic E-state index is 4.39. The van der Waals surface area contributed by atoms with Gasteiger partial charge in [-0.15, -0.1) is 23.1 Å². The molecule has 0 aliphatic rings. The summed E-state index contributed by atoms with van der Waals surface area (Å²) >= 11 is 3.26. The van der Waals surface area contributed by atoms with E-state index < -0.39 is 0 Å². The van der Waals surface area contributed by atoms with Crippen molar-refractivity contribution < 1.29 is 0 Å². The van der Waals surface area contributed by atoms with Gasteiger partial charge in [0.1, 0.15) is 10.7 Å². The molecule has 2 heterocycles. The normalized spacial score (nSPS) is 10.8. The molecule has 0 spiro atoms. The molecule has 1 N–H and O–H groups in total. The van der Waals surface area contributed by atoms with E-state index in [1.54, 1.807) is 23.1 Å². The van der Waals surface area contributed by atoms with Gasteiger partial charge in [-0.3, -0.25) is 0 Å². The number of rotatable bonds is 2. The van der Waals surface area contributed by atoms with Gasteiger partial charge in [-0.2, -0.15) is 0 Å². The zero-order valence-electron chi connectivity index (χ0n) is 6.63. The fourth-order valence-electron chi connectivity index (χ4n) is 0.969. The molecular weight excluding hydrogens is 188 g/mol. The second kappa shape index (κ2) is 2.95. The van der Waals surface area contributed by atoms with Gasteiger partial charge in [-0.1, -0.05) is 6.58 Å². The summed E-state index contributed by atoms with van der Waals surface area (Å²) in [6.07, 6.45) is 2.00. The Balaban J connectivity index is 2.51. The number of thioether (sulfide) groups is 1. The van der Waals surface area contributed by atoms with Gasteiger partial charge < -0.3 is 4.98 Å². The van der Waals surface area contributed by atoms with E-state index in [4.69, 9.17) is 0 Å². The lowest BCUT2D eigenvalue weighted by molar-refractivity contribution is 1.29. The number of hydrogen-bond donors (Lipinski definition) is 1. The van der Waals surface area contributed by atoms with Gasteiger partial charge in [-0.05, 0) is 17.7 Å². The quantitative estimate of drug-likeness (QED) is 0.800. The maximum Gasteiger partial charge on any atom is 0.145 e. The Morgan fingerprint density at radius 2 is 2.58 bits per heavy atom. The third kappa shape index (κ3) is 1.17. The van der Waals surface area contributed by atoms with Crippen molar-refractivity contribution in [1.82, 2.24) is 9.97 Å². The van der Waals surface area contributed by atoms with E-state index in [0.29, 0.717) is 0 Å². The number of aromatic nitrogens is 2. The molecule has 2 rings (SSSR count). The highest BCUT2D eigenvalue weighted by molar-refractivity contribution is 8.07. The van der Waals surface area contributed by atoms with Crippen LogP contribution in [0.25, 0.3) is 15.3 Å². The van der Waals surface area contributed by atoms with Gasteiger partial charge in [-0.25, -0.2) is 4.98 Å². The molecule has 4 heteroatoms. The Kier molecular flexibility index (Phi) is 1.94. The second-order valence-electron chi connectivity index (χ2n) is 2.35. The molecule has 0 aliphatic carbocycles. The Morgan fingerprint density at radius 3 is 3.25 bits per heavy atom. The first-order chi connectivity index (χ1) is 5.81. The van der Waals surface area contributed by atoms with E-state index in [0.717, 1.165) is 21.1 Å². The third-order valence-corrected chi connectivity index (χ3v) is 3.11. The van der Waals surface area contributed by atoms with Crippen molar-refractivity contribution in [2.45, 2.75) is 0 Å². The molecule has 62 valence electrons. The number of aromatic amines is 1. The molecule has 0 radical (unpaired) electrons. The van der Waals surface area contributed by atoms with Crippen LogP contribution in [0.5, 0.6) is 0 Å². The summed E-state index contributed by atoms with van der Waals surface area (Å²) in [4.78, 5) is 9.63. The minimum atomic E-state index is 0.893. The topological polar surface area (TPSA) is 28.7 Å². The second-order valence-corrected chi connectivity index (χ2v) is 4.15. The van der Waals surface area contributed by atoms with Gasteiger partial charge in [0, 0.05) is 4.91 Å².